The molecule has 2 N–H and O–H groups in total. The first kappa shape index (κ1) is 13.5. The molecule has 1 rings (SSSR count). The van der Waals surface area contributed by atoms with Gasteiger partial charge in [0.05, 0.1) is 0 Å². The van der Waals surface area contributed by atoms with Crippen molar-refractivity contribution in [2.24, 2.45) is 0 Å². The van der Waals surface area contributed by atoms with Gasteiger partial charge in [-0.15, -0.1) is 0 Å². The highest BCUT2D eigenvalue weighted by Gasteiger charge is 2.20. The third-order valence-corrected chi connectivity index (χ3v) is 2.48. The predicted octanol–water partition coefficient (Wildman–Crippen LogP) is 2.89. The van der Waals surface area contributed by atoms with Crippen molar-refractivity contribution in [1.82, 2.24) is 10.5 Å². The number of hydrogen-bond donors (Lipinski definition) is 2. The van der Waals surface area contributed by atoms with Crippen molar-refractivity contribution in [3.05, 3.63) is 11.8 Å². The molecular formula is C12H21N3O2. The standard InChI is InChI=1S/C12H21N3O2/c1-6-8(2)13-11(16)14-10-7-9(17-15-10)12(3,4)5/h7-8H,6H2,1-5H3,(H2,13,14,15,16). The van der Waals surface area contributed by atoms with Crippen LogP contribution < -0.4 is 10.6 Å². The zero-order valence-electron chi connectivity index (χ0n) is 11.1. The second-order valence-electron chi connectivity index (χ2n) is 5.23. The fraction of sp³-hybridized carbons (Fsp3) is 0.667. The van der Waals surface area contributed by atoms with E-state index in [9.17, 15) is 4.79 Å². The van der Waals surface area contributed by atoms with E-state index in [1.165, 1.54) is 0 Å². The average molecular weight is 239 g/mol. The van der Waals surface area contributed by atoms with Crippen LogP contribution in [-0.4, -0.2) is 17.2 Å². The van der Waals surface area contributed by atoms with Crippen molar-refractivity contribution in [1.29, 1.82) is 0 Å². The first-order chi connectivity index (χ1) is 7.82. The Balaban J connectivity index is 2.58. The SMILES string of the molecule is CCC(C)NC(=O)Nc1cc(C(C)(C)C)on1. The van der Waals surface area contributed by atoms with Crippen LogP contribution in [0, 0.1) is 0 Å². The van der Waals surface area contributed by atoms with Crippen molar-refractivity contribution >= 4 is 11.8 Å². The maximum Gasteiger partial charge on any atom is 0.320 e. The summed E-state index contributed by atoms with van der Waals surface area (Å²) in [6.07, 6.45) is 0.888. The highest BCUT2D eigenvalue weighted by Crippen LogP contribution is 2.24. The zero-order chi connectivity index (χ0) is 13.1. The summed E-state index contributed by atoms with van der Waals surface area (Å²) >= 11 is 0. The predicted molar refractivity (Wildman–Crippen MR) is 67.1 cm³/mol. The average Bonchev–Trinajstić information content (AvgIpc) is 2.65. The van der Waals surface area contributed by atoms with Crippen molar-refractivity contribution < 1.29 is 9.32 Å². The molecule has 5 heteroatoms. The van der Waals surface area contributed by atoms with Crippen LogP contribution in [0.4, 0.5) is 10.6 Å². The van der Waals surface area contributed by atoms with Gasteiger partial charge in [-0.3, -0.25) is 5.32 Å². The van der Waals surface area contributed by atoms with Crippen LogP contribution in [0.1, 0.15) is 46.8 Å². The molecule has 1 heterocycles. The Morgan fingerprint density at radius 1 is 1.53 bits per heavy atom. The third kappa shape index (κ3) is 4.09. The van der Waals surface area contributed by atoms with Crippen LogP contribution >= 0.6 is 0 Å². The Kier molecular flexibility index (Phi) is 4.15. The number of carbonyl (C=O) groups is 1. The first-order valence-corrected chi connectivity index (χ1v) is 5.87. The Morgan fingerprint density at radius 2 is 2.18 bits per heavy atom. The smallest absolute Gasteiger partial charge is 0.320 e. The minimum Gasteiger partial charge on any atom is -0.359 e. The molecule has 96 valence electrons. The summed E-state index contributed by atoms with van der Waals surface area (Å²) in [6.45, 7) is 10.0. The zero-order valence-corrected chi connectivity index (χ0v) is 11.1. The molecule has 0 fully saturated rings. The fourth-order valence-corrected chi connectivity index (χ4v) is 1.17. The topological polar surface area (TPSA) is 67.2 Å². The highest BCUT2D eigenvalue weighted by molar-refractivity contribution is 5.88. The molecule has 1 atom stereocenters. The van der Waals surface area contributed by atoms with Crippen molar-refractivity contribution in [3.63, 3.8) is 0 Å². The van der Waals surface area contributed by atoms with Crippen LogP contribution in [0.15, 0.2) is 10.6 Å². The molecule has 0 spiro atoms. The molecule has 0 aliphatic rings. The van der Waals surface area contributed by atoms with E-state index in [0.29, 0.717) is 5.82 Å². The molecule has 0 saturated heterocycles. The molecule has 0 aliphatic heterocycles. The van der Waals surface area contributed by atoms with Gasteiger partial charge in [0.2, 0.25) is 0 Å². The molecule has 17 heavy (non-hydrogen) atoms. The van der Waals surface area contributed by atoms with Gasteiger partial charge in [-0.1, -0.05) is 32.9 Å². The summed E-state index contributed by atoms with van der Waals surface area (Å²) in [6, 6.07) is 1.63. The number of urea groups is 1. The van der Waals surface area contributed by atoms with Crippen LogP contribution in [0.25, 0.3) is 0 Å². The minimum atomic E-state index is -0.256. The molecule has 1 aromatic rings. The molecule has 2 amide bonds. The summed E-state index contributed by atoms with van der Waals surface area (Å²) in [4.78, 5) is 11.5. The normalized spacial score (nSPS) is 13.2. The lowest BCUT2D eigenvalue weighted by molar-refractivity contribution is 0.248. The van der Waals surface area contributed by atoms with Gasteiger partial charge in [0.15, 0.2) is 5.82 Å². The Hall–Kier alpha value is -1.52. The van der Waals surface area contributed by atoms with Crippen LogP contribution in [0.3, 0.4) is 0 Å². The molecule has 0 aliphatic carbocycles. The number of anilines is 1. The highest BCUT2D eigenvalue weighted by atomic mass is 16.5. The van der Waals surface area contributed by atoms with Gasteiger partial charge >= 0.3 is 6.03 Å². The van der Waals surface area contributed by atoms with E-state index in [2.05, 4.69) is 15.8 Å². The summed E-state index contributed by atoms with van der Waals surface area (Å²) in [5.41, 5.74) is -0.111. The van der Waals surface area contributed by atoms with Gasteiger partial charge in [-0.05, 0) is 13.3 Å². The van der Waals surface area contributed by atoms with Crippen LogP contribution in [0.2, 0.25) is 0 Å². The van der Waals surface area contributed by atoms with E-state index in [0.717, 1.165) is 12.2 Å². The van der Waals surface area contributed by atoms with Gasteiger partial charge in [0, 0.05) is 17.5 Å². The van der Waals surface area contributed by atoms with E-state index in [4.69, 9.17) is 4.52 Å². The molecule has 0 saturated carbocycles. The molecule has 0 aromatic carbocycles. The molecule has 1 unspecified atom stereocenters. The van der Waals surface area contributed by atoms with Gasteiger partial charge in [-0.2, -0.15) is 0 Å². The third-order valence-electron chi connectivity index (χ3n) is 2.48. The number of amides is 2. The molecule has 0 radical (unpaired) electrons. The first-order valence-electron chi connectivity index (χ1n) is 5.87. The van der Waals surface area contributed by atoms with E-state index < -0.39 is 0 Å². The second-order valence-corrected chi connectivity index (χ2v) is 5.23. The van der Waals surface area contributed by atoms with E-state index >= 15 is 0 Å². The number of nitrogens with zero attached hydrogens (tertiary/aromatic N) is 1. The van der Waals surface area contributed by atoms with Crippen molar-refractivity contribution in [2.45, 2.75) is 52.5 Å². The maximum absolute atomic E-state index is 11.5. The number of carbonyl (C=O) groups excluding carboxylic acids is 1. The van der Waals surface area contributed by atoms with E-state index in [-0.39, 0.29) is 17.5 Å². The Morgan fingerprint density at radius 3 is 2.65 bits per heavy atom. The van der Waals surface area contributed by atoms with E-state index in [1.54, 1.807) is 6.07 Å². The summed E-state index contributed by atoms with van der Waals surface area (Å²) in [7, 11) is 0. The number of hydrogen-bond acceptors (Lipinski definition) is 3. The van der Waals surface area contributed by atoms with Crippen molar-refractivity contribution in [3.8, 4) is 0 Å². The summed E-state index contributed by atoms with van der Waals surface area (Å²) in [5.74, 6) is 1.19. The lowest BCUT2D eigenvalue weighted by atomic mass is 9.93. The number of rotatable bonds is 3. The fourth-order valence-electron chi connectivity index (χ4n) is 1.17. The van der Waals surface area contributed by atoms with Crippen LogP contribution in [0.5, 0.6) is 0 Å². The quantitative estimate of drug-likeness (QED) is 0.852. The lowest BCUT2D eigenvalue weighted by Gasteiger charge is -2.12. The number of nitrogens with one attached hydrogen (secondary N) is 2. The maximum atomic E-state index is 11.5. The molecule has 5 nitrogen and oxygen atoms in total. The van der Waals surface area contributed by atoms with Crippen LogP contribution in [-0.2, 0) is 5.41 Å². The van der Waals surface area contributed by atoms with E-state index in [1.807, 2.05) is 34.6 Å². The van der Waals surface area contributed by atoms with Gasteiger partial charge in [-0.25, -0.2) is 4.79 Å². The van der Waals surface area contributed by atoms with Crippen molar-refractivity contribution in [2.75, 3.05) is 5.32 Å². The number of aromatic nitrogens is 1. The Bertz CT molecular complexity index is 379. The summed E-state index contributed by atoms with van der Waals surface area (Å²) < 4.78 is 5.17. The minimum absolute atomic E-state index is 0.111. The van der Waals surface area contributed by atoms with Gasteiger partial charge < -0.3 is 9.84 Å². The molecule has 1 aromatic heterocycles. The largest absolute Gasteiger partial charge is 0.359 e. The monoisotopic (exact) mass is 239 g/mol. The Labute approximate surface area is 102 Å². The molecular weight excluding hydrogens is 218 g/mol. The van der Waals surface area contributed by atoms with Gasteiger partial charge in [0.25, 0.3) is 0 Å². The lowest BCUT2D eigenvalue weighted by Crippen LogP contribution is -2.35. The summed E-state index contributed by atoms with van der Waals surface area (Å²) in [5, 5.41) is 9.25. The van der Waals surface area contributed by atoms with Gasteiger partial charge in [0.1, 0.15) is 5.76 Å². The molecule has 0 bridgehead atoms. The second kappa shape index (κ2) is 5.21.